The van der Waals surface area contributed by atoms with Crippen LogP contribution < -0.4 is 10.6 Å². The number of carbonyl (C=O) groups excluding carboxylic acids is 1. The zero-order valence-electron chi connectivity index (χ0n) is 13.0. The highest BCUT2D eigenvalue weighted by atomic mass is 16.5. The SMILES string of the molecule is O=C(C[C@H](NCCN1CCOCC1)C(=O)O)Nc1ccccc1. The van der Waals surface area contributed by atoms with Gasteiger partial charge in [0.1, 0.15) is 6.04 Å². The summed E-state index contributed by atoms with van der Waals surface area (Å²) in [4.78, 5) is 25.5. The van der Waals surface area contributed by atoms with Crippen LogP contribution in [0.3, 0.4) is 0 Å². The molecule has 7 heteroatoms. The molecular formula is C16H23N3O4. The van der Waals surface area contributed by atoms with Gasteiger partial charge in [-0.2, -0.15) is 0 Å². The van der Waals surface area contributed by atoms with Crippen LogP contribution in [-0.2, 0) is 14.3 Å². The number of carbonyl (C=O) groups is 2. The van der Waals surface area contributed by atoms with Gasteiger partial charge in [-0.15, -0.1) is 0 Å². The van der Waals surface area contributed by atoms with E-state index in [0.29, 0.717) is 25.4 Å². The molecule has 0 spiro atoms. The Morgan fingerprint density at radius 1 is 1.22 bits per heavy atom. The summed E-state index contributed by atoms with van der Waals surface area (Å²) in [5.74, 6) is -1.34. The number of rotatable bonds is 8. The number of anilines is 1. The Labute approximate surface area is 135 Å². The summed E-state index contributed by atoms with van der Waals surface area (Å²) in [6.45, 7) is 4.40. The smallest absolute Gasteiger partial charge is 0.321 e. The molecule has 1 amide bonds. The quantitative estimate of drug-likeness (QED) is 0.642. The first-order valence-electron chi connectivity index (χ1n) is 7.76. The lowest BCUT2D eigenvalue weighted by molar-refractivity contribution is -0.141. The van der Waals surface area contributed by atoms with Crippen molar-refractivity contribution in [1.29, 1.82) is 0 Å². The van der Waals surface area contributed by atoms with Crippen molar-refractivity contribution in [3.05, 3.63) is 30.3 Å². The molecule has 0 unspecified atom stereocenters. The molecule has 2 rings (SSSR count). The Hall–Kier alpha value is -1.96. The Balaban J connectivity index is 1.74. The van der Waals surface area contributed by atoms with Crippen LogP contribution in [0, 0.1) is 0 Å². The molecule has 23 heavy (non-hydrogen) atoms. The molecule has 1 heterocycles. The van der Waals surface area contributed by atoms with Gasteiger partial charge in [-0.1, -0.05) is 18.2 Å². The van der Waals surface area contributed by atoms with Gasteiger partial charge < -0.3 is 20.5 Å². The second-order valence-electron chi connectivity index (χ2n) is 5.42. The average molecular weight is 321 g/mol. The fourth-order valence-corrected chi connectivity index (χ4v) is 2.39. The number of para-hydroxylation sites is 1. The summed E-state index contributed by atoms with van der Waals surface area (Å²) in [5.41, 5.74) is 0.662. The fraction of sp³-hybridized carbons (Fsp3) is 0.500. The van der Waals surface area contributed by atoms with Crippen molar-refractivity contribution in [3.8, 4) is 0 Å². The number of benzene rings is 1. The first-order valence-corrected chi connectivity index (χ1v) is 7.76. The van der Waals surface area contributed by atoms with Gasteiger partial charge in [-0.3, -0.25) is 14.5 Å². The zero-order valence-corrected chi connectivity index (χ0v) is 13.0. The Morgan fingerprint density at radius 3 is 2.57 bits per heavy atom. The van der Waals surface area contributed by atoms with Crippen LogP contribution in [0.15, 0.2) is 30.3 Å². The second-order valence-corrected chi connectivity index (χ2v) is 5.42. The van der Waals surface area contributed by atoms with Crippen LogP contribution in [0.4, 0.5) is 5.69 Å². The molecule has 0 aromatic heterocycles. The van der Waals surface area contributed by atoms with Crippen molar-refractivity contribution in [2.24, 2.45) is 0 Å². The maximum absolute atomic E-state index is 12.0. The molecule has 0 saturated carbocycles. The van der Waals surface area contributed by atoms with Crippen molar-refractivity contribution in [1.82, 2.24) is 10.2 Å². The molecule has 0 aliphatic carbocycles. The Morgan fingerprint density at radius 2 is 1.91 bits per heavy atom. The van der Waals surface area contributed by atoms with Crippen molar-refractivity contribution < 1.29 is 19.4 Å². The number of ether oxygens (including phenoxy) is 1. The standard InChI is InChI=1S/C16H23N3O4/c20-15(18-13-4-2-1-3-5-13)12-14(16(21)22)17-6-7-19-8-10-23-11-9-19/h1-5,14,17H,6-12H2,(H,18,20)(H,21,22)/t14-/m0/s1. The average Bonchev–Trinajstić information content (AvgIpc) is 2.55. The third-order valence-corrected chi connectivity index (χ3v) is 3.67. The minimum atomic E-state index is -1.02. The van der Waals surface area contributed by atoms with E-state index >= 15 is 0 Å². The summed E-state index contributed by atoms with van der Waals surface area (Å²) in [6.07, 6.45) is -0.104. The molecule has 1 saturated heterocycles. The molecule has 1 aromatic rings. The summed E-state index contributed by atoms with van der Waals surface area (Å²) < 4.78 is 5.27. The highest BCUT2D eigenvalue weighted by Crippen LogP contribution is 2.06. The molecule has 7 nitrogen and oxygen atoms in total. The first-order chi connectivity index (χ1) is 11.1. The number of nitrogens with zero attached hydrogens (tertiary/aromatic N) is 1. The molecule has 1 aliphatic heterocycles. The third kappa shape index (κ3) is 6.35. The lowest BCUT2D eigenvalue weighted by Crippen LogP contribution is -2.45. The number of amides is 1. The summed E-state index contributed by atoms with van der Waals surface area (Å²) in [6, 6.07) is 8.11. The maximum atomic E-state index is 12.0. The monoisotopic (exact) mass is 321 g/mol. The first kappa shape index (κ1) is 17.4. The molecule has 0 radical (unpaired) electrons. The number of carboxylic acids is 1. The van der Waals surface area contributed by atoms with Gasteiger partial charge in [0.15, 0.2) is 0 Å². The van der Waals surface area contributed by atoms with Crippen LogP contribution in [0.1, 0.15) is 6.42 Å². The van der Waals surface area contributed by atoms with Crippen LogP contribution in [-0.4, -0.2) is 67.3 Å². The van der Waals surface area contributed by atoms with E-state index in [0.717, 1.165) is 19.6 Å². The van der Waals surface area contributed by atoms with Gasteiger partial charge >= 0.3 is 5.97 Å². The highest BCUT2D eigenvalue weighted by Gasteiger charge is 2.21. The van der Waals surface area contributed by atoms with Gasteiger partial charge in [0.2, 0.25) is 5.91 Å². The molecule has 1 fully saturated rings. The van der Waals surface area contributed by atoms with E-state index in [1.807, 2.05) is 18.2 Å². The van der Waals surface area contributed by atoms with E-state index in [1.165, 1.54) is 0 Å². The van der Waals surface area contributed by atoms with Crippen LogP contribution >= 0.6 is 0 Å². The number of morpholine rings is 1. The van der Waals surface area contributed by atoms with E-state index in [1.54, 1.807) is 12.1 Å². The lowest BCUT2D eigenvalue weighted by Gasteiger charge is -2.27. The molecule has 1 atom stereocenters. The third-order valence-electron chi connectivity index (χ3n) is 3.67. The zero-order chi connectivity index (χ0) is 16.5. The summed E-state index contributed by atoms with van der Waals surface area (Å²) >= 11 is 0. The van der Waals surface area contributed by atoms with Gasteiger partial charge in [0.25, 0.3) is 0 Å². The predicted octanol–water partition coefficient (Wildman–Crippen LogP) is 0.390. The Kier molecular flexibility index (Phi) is 6.99. The molecule has 0 bridgehead atoms. The maximum Gasteiger partial charge on any atom is 0.321 e. The molecule has 1 aliphatic rings. The van der Waals surface area contributed by atoms with Crippen molar-refractivity contribution in [2.45, 2.75) is 12.5 Å². The van der Waals surface area contributed by atoms with Crippen molar-refractivity contribution in [2.75, 3.05) is 44.7 Å². The van der Waals surface area contributed by atoms with Crippen LogP contribution in [0.2, 0.25) is 0 Å². The number of aliphatic carboxylic acids is 1. The van der Waals surface area contributed by atoms with E-state index in [4.69, 9.17) is 4.74 Å². The normalized spacial score (nSPS) is 16.7. The predicted molar refractivity (Wildman–Crippen MR) is 86.4 cm³/mol. The molecule has 1 aromatic carbocycles. The highest BCUT2D eigenvalue weighted by molar-refractivity contribution is 5.93. The summed E-state index contributed by atoms with van der Waals surface area (Å²) in [7, 11) is 0. The van der Waals surface area contributed by atoms with Gasteiger partial charge in [0, 0.05) is 31.9 Å². The van der Waals surface area contributed by atoms with Gasteiger partial charge in [-0.05, 0) is 12.1 Å². The molecular weight excluding hydrogens is 298 g/mol. The second kappa shape index (κ2) is 9.24. The van der Waals surface area contributed by atoms with E-state index < -0.39 is 12.0 Å². The summed E-state index contributed by atoms with van der Waals surface area (Å²) in [5, 5.41) is 14.9. The van der Waals surface area contributed by atoms with Gasteiger partial charge in [0.05, 0.1) is 19.6 Å². The molecule has 3 N–H and O–H groups in total. The van der Waals surface area contributed by atoms with Crippen molar-refractivity contribution >= 4 is 17.6 Å². The lowest BCUT2D eigenvalue weighted by atomic mass is 10.2. The minimum absolute atomic E-state index is 0.104. The Bertz CT molecular complexity index is 503. The van der Waals surface area contributed by atoms with Crippen LogP contribution in [0.5, 0.6) is 0 Å². The number of carboxylic acid groups (broad SMARTS) is 1. The van der Waals surface area contributed by atoms with Crippen LogP contribution in [0.25, 0.3) is 0 Å². The number of hydrogen-bond donors (Lipinski definition) is 3. The van der Waals surface area contributed by atoms with Crippen molar-refractivity contribution in [3.63, 3.8) is 0 Å². The van der Waals surface area contributed by atoms with Gasteiger partial charge in [-0.25, -0.2) is 0 Å². The topological polar surface area (TPSA) is 90.9 Å². The van der Waals surface area contributed by atoms with E-state index in [2.05, 4.69) is 15.5 Å². The molecule has 126 valence electrons. The van der Waals surface area contributed by atoms with E-state index in [9.17, 15) is 14.7 Å². The minimum Gasteiger partial charge on any atom is -0.480 e. The number of nitrogens with one attached hydrogen (secondary N) is 2. The number of hydrogen-bond acceptors (Lipinski definition) is 5. The van der Waals surface area contributed by atoms with E-state index in [-0.39, 0.29) is 12.3 Å². The fourth-order valence-electron chi connectivity index (χ4n) is 2.39. The largest absolute Gasteiger partial charge is 0.480 e.